The van der Waals surface area contributed by atoms with Crippen molar-refractivity contribution in [3.05, 3.63) is 33.8 Å². The fourth-order valence-corrected chi connectivity index (χ4v) is 1.97. The van der Waals surface area contributed by atoms with E-state index in [9.17, 15) is 9.90 Å². The normalized spacial score (nSPS) is 12.7. The van der Waals surface area contributed by atoms with Gasteiger partial charge < -0.3 is 9.84 Å². The largest absolute Gasteiger partial charge is 0.389 e. The summed E-state index contributed by atoms with van der Waals surface area (Å²) in [5, 5.41) is 10.3. The van der Waals surface area contributed by atoms with Crippen LogP contribution in [0, 0.1) is 0 Å². The summed E-state index contributed by atoms with van der Waals surface area (Å²) in [5.41, 5.74) is 0.502. The van der Waals surface area contributed by atoms with Crippen LogP contribution in [0.2, 0.25) is 10.0 Å². The third-order valence-electron chi connectivity index (χ3n) is 2.54. The maximum absolute atomic E-state index is 12.0. The fourth-order valence-electron chi connectivity index (χ4n) is 1.68. The number of nitrogens with zero attached hydrogens (tertiary/aromatic N) is 1. The first-order chi connectivity index (χ1) is 8.93. The summed E-state index contributed by atoms with van der Waals surface area (Å²) in [7, 11) is 3.28. The molecule has 0 spiro atoms. The molecule has 0 aliphatic rings. The number of aliphatic hydroxyl groups is 1. The van der Waals surface area contributed by atoms with E-state index >= 15 is 0 Å². The minimum absolute atomic E-state index is 0.0781. The second-order valence-electron chi connectivity index (χ2n) is 4.36. The molecule has 19 heavy (non-hydrogen) atoms. The number of methoxy groups -OCH3 is 1. The zero-order valence-corrected chi connectivity index (χ0v) is 12.4. The third-order valence-corrected chi connectivity index (χ3v) is 3.28. The molecule has 6 heteroatoms. The van der Waals surface area contributed by atoms with Crippen molar-refractivity contribution in [2.24, 2.45) is 0 Å². The van der Waals surface area contributed by atoms with Crippen molar-refractivity contribution >= 4 is 29.0 Å². The lowest BCUT2D eigenvalue weighted by Gasteiger charge is -2.19. The van der Waals surface area contributed by atoms with Crippen LogP contribution in [0.4, 0.5) is 0 Å². The van der Waals surface area contributed by atoms with Gasteiger partial charge in [-0.25, -0.2) is 0 Å². The van der Waals surface area contributed by atoms with Crippen LogP contribution < -0.4 is 0 Å². The van der Waals surface area contributed by atoms with E-state index in [2.05, 4.69) is 0 Å². The van der Waals surface area contributed by atoms with Gasteiger partial charge in [-0.2, -0.15) is 0 Å². The Morgan fingerprint density at radius 3 is 2.68 bits per heavy atom. The molecule has 0 aliphatic carbocycles. The van der Waals surface area contributed by atoms with E-state index in [4.69, 9.17) is 27.9 Å². The summed E-state index contributed by atoms with van der Waals surface area (Å²) in [4.78, 5) is 13.7. The summed E-state index contributed by atoms with van der Waals surface area (Å²) in [6.07, 6.45) is -0.614. The van der Waals surface area contributed by atoms with Gasteiger partial charge >= 0.3 is 0 Å². The van der Waals surface area contributed by atoms with Gasteiger partial charge in [0.15, 0.2) is 5.78 Å². The molecular weight excluding hydrogens is 289 g/mol. The number of likely N-dealkylation sites (N-methyl/N-ethyl adjacent to an activating group) is 1. The summed E-state index contributed by atoms with van der Waals surface area (Å²) in [5.74, 6) is -0.0781. The first kappa shape index (κ1) is 16.4. The Hall–Kier alpha value is -0.650. The van der Waals surface area contributed by atoms with Crippen LogP contribution in [-0.4, -0.2) is 55.7 Å². The Kier molecular flexibility index (Phi) is 6.75. The van der Waals surface area contributed by atoms with Crippen LogP contribution in [-0.2, 0) is 4.74 Å². The average Bonchev–Trinajstić information content (AvgIpc) is 2.32. The van der Waals surface area contributed by atoms with Gasteiger partial charge in [-0.15, -0.1) is 0 Å². The number of Topliss-reactive ketones (excluding diaryl/α,β-unsaturated/α-hetero) is 1. The van der Waals surface area contributed by atoms with Crippen molar-refractivity contribution < 1.29 is 14.6 Å². The van der Waals surface area contributed by atoms with E-state index in [-0.39, 0.29) is 18.9 Å². The van der Waals surface area contributed by atoms with E-state index in [1.807, 2.05) is 0 Å². The quantitative estimate of drug-likeness (QED) is 0.784. The molecule has 0 radical (unpaired) electrons. The number of carbonyl (C=O) groups is 1. The van der Waals surface area contributed by atoms with Gasteiger partial charge in [-0.3, -0.25) is 9.69 Å². The monoisotopic (exact) mass is 305 g/mol. The highest BCUT2D eigenvalue weighted by atomic mass is 35.5. The van der Waals surface area contributed by atoms with Crippen LogP contribution in [0.1, 0.15) is 10.4 Å². The Bertz CT molecular complexity index is 440. The number of hydrogen-bond acceptors (Lipinski definition) is 4. The fraction of sp³-hybridized carbons (Fsp3) is 0.462. The van der Waals surface area contributed by atoms with Gasteiger partial charge in [0.25, 0.3) is 0 Å². The minimum atomic E-state index is -0.614. The second kappa shape index (κ2) is 7.82. The molecule has 0 saturated carbocycles. The summed E-state index contributed by atoms with van der Waals surface area (Å²) in [6, 6.07) is 4.78. The van der Waals surface area contributed by atoms with Crippen LogP contribution in [0.15, 0.2) is 18.2 Å². The van der Waals surface area contributed by atoms with E-state index in [1.54, 1.807) is 30.1 Å². The first-order valence-electron chi connectivity index (χ1n) is 5.77. The Balaban J connectivity index is 2.56. The van der Waals surface area contributed by atoms with Crippen molar-refractivity contribution in [1.29, 1.82) is 0 Å². The predicted molar refractivity (Wildman–Crippen MR) is 76.2 cm³/mol. The number of rotatable bonds is 7. The molecule has 4 nitrogen and oxygen atoms in total. The van der Waals surface area contributed by atoms with Crippen molar-refractivity contribution in [1.82, 2.24) is 4.90 Å². The molecule has 1 aromatic carbocycles. The zero-order valence-electron chi connectivity index (χ0n) is 10.9. The van der Waals surface area contributed by atoms with Gasteiger partial charge in [-0.05, 0) is 25.2 Å². The molecule has 1 N–H and O–H groups in total. The number of ketones is 1. The lowest BCUT2D eigenvalue weighted by atomic mass is 10.1. The van der Waals surface area contributed by atoms with Crippen LogP contribution >= 0.6 is 23.2 Å². The van der Waals surface area contributed by atoms with Crippen molar-refractivity contribution in [2.75, 3.05) is 33.9 Å². The maximum atomic E-state index is 12.0. The van der Waals surface area contributed by atoms with Crippen molar-refractivity contribution in [2.45, 2.75) is 6.10 Å². The molecule has 1 aromatic rings. The lowest BCUT2D eigenvalue weighted by Crippen LogP contribution is -2.35. The van der Waals surface area contributed by atoms with Crippen LogP contribution in [0.3, 0.4) is 0 Å². The van der Waals surface area contributed by atoms with Gasteiger partial charge in [0.1, 0.15) is 0 Å². The number of halogens is 2. The van der Waals surface area contributed by atoms with Crippen molar-refractivity contribution in [3.63, 3.8) is 0 Å². The maximum Gasteiger partial charge on any atom is 0.176 e. The van der Waals surface area contributed by atoms with Gasteiger partial charge in [0.05, 0.1) is 29.3 Å². The molecule has 1 unspecified atom stereocenters. The molecule has 106 valence electrons. The number of aliphatic hydroxyl groups excluding tert-OH is 1. The van der Waals surface area contributed by atoms with E-state index < -0.39 is 6.10 Å². The SMILES string of the molecule is COCC(O)CN(C)CC(=O)c1ccc(Cl)c(Cl)c1. The van der Waals surface area contributed by atoms with Gasteiger partial charge in [-0.1, -0.05) is 23.2 Å². The number of benzene rings is 1. The molecule has 0 bridgehead atoms. The number of ether oxygens (including phenoxy) is 1. The molecule has 0 fully saturated rings. The average molecular weight is 306 g/mol. The minimum Gasteiger partial charge on any atom is -0.389 e. The highest BCUT2D eigenvalue weighted by Crippen LogP contribution is 2.22. The molecule has 0 aliphatic heterocycles. The van der Waals surface area contributed by atoms with E-state index in [0.29, 0.717) is 22.2 Å². The standard InChI is InChI=1S/C13H17Cl2NO3/c1-16(6-10(17)8-19-2)7-13(18)9-3-4-11(14)12(15)5-9/h3-5,10,17H,6-8H2,1-2H3. The Morgan fingerprint density at radius 2 is 2.11 bits per heavy atom. The summed E-state index contributed by atoms with van der Waals surface area (Å²) in [6.45, 7) is 0.797. The number of carbonyl (C=O) groups excluding carboxylic acids is 1. The highest BCUT2D eigenvalue weighted by molar-refractivity contribution is 6.42. The van der Waals surface area contributed by atoms with Gasteiger partial charge in [0, 0.05) is 19.2 Å². The molecule has 1 atom stereocenters. The van der Waals surface area contributed by atoms with Crippen LogP contribution in [0.5, 0.6) is 0 Å². The topological polar surface area (TPSA) is 49.8 Å². The van der Waals surface area contributed by atoms with Crippen molar-refractivity contribution in [3.8, 4) is 0 Å². The molecule has 0 aromatic heterocycles. The smallest absolute Gasteiger partial charge is 0.176 e. The predicted octanol–water partition coefficient (Wildman–Crippen LogP) is 2.12. The summed E-state index contributed by atoms with van der Waals surface area (Å²) >= 11 is 11.7. The third kappa shape index (κ3) is 5.47. The number of hydrogen-bond donors (Lipinski definition) is 1. The van der Waals surface area contributed by atoms with Gasteiger partial charge in [0.2, 0.25) is 0 Å². The van der Waals surface area contributed by atoms with E-state index in [1.165, 1.54) is 7.11 Å². The van der Waals surface area contributed by atoms with E-state index in [0.717, 1.165) is 0 Å². The first-order valence-corrected chi connectivity index (χ1v) is 6.53. The molecule has 0 amide bonds. The molecular formula is C13H17Cl2NO3. The zero-order chi connectivity index (χ0) is 14.4. The highest BCUT2D eigenvalue weighted by Gasteiger charge is 2.13. The Labute approximate surface area is 122 Å². The molecule has 0 heterocycles. The molecule has 1 rings (SSSR count). The Morgan fingerprint density at radius 1 is 1.42 bits per heavy atom. The van der Waals surface area contributed by atoms with Crippen LogP contribution in [0.25, 0.3) is 0 Å². The molecule has 0 saturated heterocycles. The lowest BCUT2D eigenvalue weighted by molar-refractivity contribution is 0.0427. The summed E-state index contributed by atoms with van der Waals surface area (Å²) < 4.78 is 4.83. The second-order valence-corrected chi connectivity index (χ2v) is 5.17.